The van der Waals surface area contributed by atoms with Gasteiger partial charge in [0.1, 0.15) is 5.60 Å². The maximum absolute atomic E-state index is 11.9. The fourth-order valence-electron chi connectivity index (χ4n) is 2.33. The van der Waals surface area contributed by atoms with Crippen LogP contribution >= 0.6 is 23.2 Å². The van der Waals surface area contributed by atoms with E-state index in [1.165, 1.54) is 7.11 Å². The number of hydrogen-bond donors (Lipinski definition) is 1. The second-order valence-electron chi connectivity index (χ2n) is 5.02. The van der Waals surface area contributed by atoms with Gasteiger partial charge in [0.15, 0.2) is 0 Å². The molecule has 0 aromatic heterocycles. The fraction of sp³-hybridized carbons (Fsp3) is 0.500. The van der Waals surface area contributed by atoms with Crippen molar-refractivity contribution in [3.63, 3.8) is 0 Å². The number of carbonyl (C=O) groups is 1. The first-order chi connectivity index (χ1) is 8.71. The molecular weight excluding hydrogens is 287 g/mol. The fourth-order valence-corrected chi connectivity index (χ4v) is 2.81. The SMILES string of the molecule is COC(=O)C(C(C)C)C(C)(O)c1cc(Cl)ccc1Cl. The van der Waals surface area contributed by atoms with Crippen molar-refractivity contribution in [2.24, 2.45) is 11.8 Å². The van der Waals surface area contributed by atoms with Crippen LogP contribution in [0.2, 0.25) is 10.0 Å². The quantitative estimate of drug-likeness (QED) is 0.864. The van der Waals surface area contributed by atoms with Crippen molar-refractivity contribution in [3.8, 4) is 0 Å². The summed E-state index contributed by atoms with van der Waals surface area (Å²) in [6, 6.07) is 4.80. The Kier molecular flexibility index (Phi) is 5.25. The van der Waals surface area contributed by atoms with Crippen LogP contribution in [-0.4, -0.2) is 18.2 Å². The highest BCUT2D eigenvalue weighted by molar-refractivity contribution is 6.33. The van der Waals surface area contributed by atoms with Gasteiger partial charge in [-0.3, -0.25) is 4.79 Å². The first-order valence-electron chi connectivity index (χ1n) is 5.97. The van der Waals surface area contributed by atoms with Crippen LogP contribution in [0.5, 0.6) is 0 Å². The van der Waals surface area contributed by atoms with E-state index in [1.807, 2.05) is 13.8 Å². The van der Waals surface area contributed by atoms with E-state index in [0.29, 0.717) is 15.6 Å². The lowest BCUT2D eigenvalue weighted by atomic mass is 9.76. The normalized spacial score (nSPS) is 16.0. The summed E-state index contributed by atoms with van der Waals surface area (Å²) >= 11 is 12.0. The molecule has 0 fully saturated rings. The second-order valence-corrected chi connectivity index (χ2v) is 5.86. The summed E-state index contributed by atoms with van der Waals surface area (Å²) in [4.78, 5) is 11.9. The van der Waals surface area contributed by atoms with E-state index in [9.17, 15) is 9.90 Å². The van der Waals surface area contributed by atoms with E-state index in [0.717, 1.165) is 0 Å². The lowest BCUT2D eigenvalue weighted by Gasteiger charge is -2.34. The average molecular weight is 305 g/mol. The number of methoxy groups -OCH3 is 1. The van der Waals surface area contributed by atoms with E-state index >= 15 is 0 Å². The van der Waals surface area contributed by atoms with Gasteiger partial charge in [-0.05, 0) is 31.0 Å². The van der Waals surface area contributed by atoms with E-state index in [1.54, 1.807) is 25.1 Å². The predicted octanol–water partition coefficient (Wildman–Crippen LogP) is 3.65. The number of rotatable bonds is 4. The van der Waals surface area contributed by atoms with Crippen molar-refractivity contribution in [2.45, 2.75) is 26.4 Å². The lowest BCUT2D eigenvalue weighted by molar-refractivity contribution is -0.159. The molecular formula is C14H18Cl2O3. The molecule has 2 unspecified atom stereocenters. The molecule has 1 rings (SSSR count). The Bertz CT molecular complexity index is 470. The van der Waals surface area contributed by atoms with Gasteiger partial charge in [0.2, 0.25) is 0 Å². The molecule has 1 aromatic rings. The van der Waals surface area contributed by atoms with Crippen molar-refractivity contribution in [1.82, 2.24) is 0 Å². The number of benzene rings is 1. The minimum Gasteiger partial charge on any atom is -0.469 e. The molecule has 0 spiro atoms. The molecule has 0 saturated carbocycles. The van der Waals surface area contributed by atoms with Gasteiger partial charge in [0.25, 0.3) is 0 Å². The third-order valence-electron chi connectivity index (χ3n) is 3.20. The van der Waals surface area contributed by atoms with Gasteiger partial charge in [-0.25, -0.2) is 0 Å². The van der Waals surface area contributed by atoms with Crippen LogP contribution in [0.25, 0.3) is 0 Å². The Morgan fingerprint density at radius 1 is 1.37 bits per heavy atom. The minimum atomic E-state index is -1.46. The van der Waals surface area contributed by atoms with E-state index in [4.69, 9.17) is 27.9 Å². The van der Waals surface area contributed by atoms with E-state index < -0.39 is 17.5 Å². The number of hydrogen-bond acceptors (Lipinski definition) is 3. The molecule has 0 saturated heterocycles. The van der Waals surface area contributed by atoms with Crippen molar-refractivity contribution in [3.05, 3.63) is 33.8 Å². The Morgan fingerprint density at radius 2 is 1.95 bits per heavy atom. The number of halogens is 2. The highest BCUT2D eigenvalue weighted by Gasteiger charge is 2.43. The summed E-state index contributed by atoms with van der Waals surface area (Å²) in [7, 11) is 1.30. The molecule has 19 heavy (non-hydrogen) atoms. The maximum atomic E-state index is 11.9. The van der Waals surface area contributed by atoms with Gasteiger partial charge in [0.05, 0.1) is 13.0 Å². The summed E-state index contributed by atoms with van der Waals surface area (Å²) in [6.07, 6.45) is 0. The van der Waals surface area contributed by atoms with Crippen molar-refractivity contribution in [1.29, 1.82) is 0 Å². The third kappa shape index (κ3) is 3.41. The summed E-state index contributed by atoms with van der Waals surface area (Å²) < 4.78 is 4.78. The van der Waals surface area contributed by atoms with Crippen LogP contribution in [0, 0.1) is 11.8 Å². The van der Waals surface area contributed by atoms with Crippen LogP contribution in [-0.2, 0) is 15.1 Å². The molecule has 2 atom stereocenters. The largest absolute Gasteiger partial charge is 0.469 e. The summed E-state index contributed by atoms with van der Waals surface area (Å²) in [5.74, 6) is -1.32. The summed E-state index contributed by atoms with van der Waals surface area (Å²) in [6.45, 7) is 5.23. The van der Waals surface area contributed by atoms with Crippen molar-refractivity contribution < 1.29 is 14.6 Å². The average Bonchev–Trinajstić information content (AvgIpc) is 2.31. The first-order valence-corrected chi connectivity index (χ1v) is 6.73. The van der Waals surface area contributed by atoms with Crippen molar-refractivity contribution in [2.75, 3.05) is 7.11 Å². The Hall–Kier alpha value is -0.770. The zero-order valence-electron chi connectivity index (χ0n) is 11.4. The van der Waals surface area contributed by atoms with E-state index in [-0.39, 0.29) is 5.92 Å². The first kappa shape index (κ1) is 16.3. The molecule has 0 heterocycles. The second kappa shape index (κ2) is 6.12. The van der Waals surface area contributed by atoms with Crippen LogP contribution in [0.3, 0.4) is 0 Å². The molecule has 0 aliphatic carbocycles. The zero-order valence-corrected chi connectivity index (χ0v) is 12.9. The highest BCUT2D eigenvalue weighted by atomic mass is 35.5. The number of carbonyl (C=O) groups excluding carboxylic acids is 1. The van der Waals surface area contributed by atoms with Gasteiger partial charge in [-0.15, -0.1) is 0 Å². The van der Waals surface area contributed by atoms with E-state index in [2.05, 4.69) is 0 Å². The molecule has 3 nitrogen and oxygen atoms in total. The molecule has 1 N–H and O–H groups in total. The predicted molar refractivity (Wildman–Crippen MR) is 76.4 cm³/mol. The van der Waals surface area contributed by atoms with Crippen molar-refractivity contribution >= 4 is 29.2 Å². The highest BCUT2D eigenvalue weighted by Crippen LogP contribution is 2.39. The molecule has 106 valence electrons. The summed E-state index contributed by atoms with van der Waals surface area (Å²) in [5.41, 5.74) is -1.03. The lowest BCUT2D eigenvalue weighted by Crippen LogP contribution is -2.41. The van der Waals surface area contributed by atoms with Crippen LogP contribution in [0.15, 0.2) is 18.2 Å². The Morgan fingerprint density at radius 3 is 2.42 bits per heavy atom. The third-order valence-corrected chi connectivity index (χ3v) is 3.77. The topological polar surface area (TPSA) is 46.5 Å². The van der Waals surface area contributed by atoms with Gasteiger partial charge >= 0.3 is 5.97 Å². The minimum absolute atomic E-state index is 0.113. The maximum Gasteiger partial charge on any atom is 0.312 e. The number of aliphatic hydroxyl groups is 1. The Labute approximate surface area is 123 Å². The van der Waals surface area contributed by atoms with Crippen LogP contribution < -0.4 is 0 Å². The molecule has 0 amide bonds. The molecule has 0 bridgehead atoms. The van der Waals surface area contributed by atoms with Crippen LogP contribution in [0.4, 0.5) is 0 Å². The monoisotopic (exact) mass is 304 g/mol. The Balaban J connectivity index is 3.33. The van der Waals surface area contributed by atoms with Crippen LogP contribution in [0.1, 0.15) is 26.3 Å². The number of esters is 1. The molecule has 5 heteroatoms. The standard InChI is InChI=1S/C14H18Cl2O3/c1-8(2)12(13(17)19-4)14(3,18)10-7-9(15)5-6-11(10)16/h5-8,12,18H,1-4H3. The molecule has 0 aliphatic rings. The van der Waals surface area contributed by atoms with Gasteiger partial charge < -0.3 is 9.84 Å². The molecule has 1 aromatic carbocycles. The molecule has 0 radical (unpaired) electrons. The summed E-state index contributed by atoms with van der Waals surface area (Å²) in [5, 5.41) is 11.6. The van der Waals surface area contributed by atoms with Gasteiger partial charge in [0, 0.05) is 15.6 Å². The molecule has 0 aliphatic heterocycles. The zero-order chi connectivity index (χ0) is 14.8. The van der Waals surface area contributed by atoms with Gasteiger partial charge in [-0.1, -0.05) is 37.0 Å². The van der Waals surface area contributed by atoms with Gasteiger partial charge in [-0.2, -0.15) is 0 Å². The smallest absolute Gasteiger partial charge is 0.312 e. The number of ether oxygens (including phenoxy) is 1.